The maximum Gasteiger partial charge on any atom is 0.243 e. The average Bonchev–Trinajstić information content (AvgIpc) is 2.38. The number of hydrogen-bond donors (Lipinski definition) is 1. The molecule has 19 heavy (non-hydrogen) atoms. The van der Waals surface area contributed by atoms with E-state index in [0.29, 0.717) is 17.2 Å². The SMILES string of the molecule is Cc1cc(Cl)ccc1S(=O)(=O)N1CCOCC1CO. The van der Waals surface area contributed by atoms with E-state index in [0.717, 1.165) is 0 Å². The quantitative estimate of drug-likeness (QED) is 0.906. The van der Waals surface area contributed by atoms with Crippen molar-refractivity contribution in [3.63, 3.8) is 0 Å². The molecule has 0 bridgehead atoms. The Kier molecular flexibility index (Phi) is 4.47. The molecule has 5 nitrogen and oxygen atoms in total. The Labute approximate surface area is 117 Å². The Balaban J connectivity index is 2.40. The Morgan fingerprint density at radius 1 is 1.53 bits per heavy atom. The first-order valence-corrected chi connectivity index (χ1v) is 7.75. The summed E-state index contributed by atoms with van der Waals surface area (Å²) in [5, 5.41) is 9.78. The van der Waals surface area contributed by atoms with Gasteiger partial charge in [0.25, 0.3) is 0 Å². The molecule has 0 aromatic heterocycles. The summed E-state index contributed by atoms with van der Waals surface area (Å²) in [5.41, 5.74) is 0.593. The number of aliphatic hydroxyl groups excluding tert-OH is 1. The lowest BCUT2D eigenvalue weighted by molar-refractivity contribution is 0.0109. The summed E-state index contributed by atoms with van der Waals surface area (Å²) in [4.78, 5) is 0.220. The second kappa shape index (κ2) is 5.76. The molecule has 0 spiro atoms. The van der Waals surface area contributed by atoms with Gasteiger partial charge in [-0.1, -0.05) is 11.6 Å². The van der Waals surface area contributed by atoms with Crippen molar-refractivity contribution in [1.29, 1.82) is 0 Å². The predicted molar refractivity (Wildman–Crippen MR) is 71.8 cm³/mol. The second-order valence-electron chi connectivity index (χ2n) is 4.44. The molecule has 0 aliphatic carbocycles. The van der Waals surface area contributed by atoms with Crippen LogP contribution in [0.4, 0.5) is 0 Å². The minimum atomic E-state index is -3.64. The molecule has 1 aromatic carbocycles. The number of morpholine rings is 1. The Morgan fingerprint density at radius 2 is 2.26 bits per heavy atom. The molecule has 106 valence electrons. The second-order valence-corrected chi connectivity index (χ2v) is 6.73. The van der Waals surface area contributed by atoms with Gasteiger partial charge in [-0.05, 0) is 30.7 Å². The summed E-state index contributed by atoms with van der Waals surface area (Å²) >= 11 is 5.84. The molecule has 1 aliphatic heterocycles. The lowest BCUT2D eigenvalue weighted by atomic mass is 10.2. The summed E-state index contributed by atoms with van der Waals surface area (Å²) in [5.74, 6) is 0. The van der Waals surface area contributed by atoms with Gasteiger partial charge in [-0.3, -0.25) is 0 Å². The fourth-order valence-electron chi connectivity index (χ4n) is 2.13. The Hall–Kier alpha value is -0.660. The van der Waals surface area contributed by atoms with Crippen molar-refractivity contribution in [2.24, 2.45) is 0 Å². The van der Waals surface area contributed by atoms with E-state index in [1.165, 1.54) is 10.4 Å². The van der Waals surface area contributed by atoms with Crippen LogP contribution >= 0.6 is 11.6 Å². The highest BCUT2D eigenvalue weighted by Crippen LogP contribution is 2.25. The third-order valence-electron chi connectivity index (χ3n) is 3.11. The summed E-state index contributed by atoms with van der Waals surface area (Å²) in [6.07, 6.45) is 0. The van der Waals surface area contributed by atoms with E-state index in [1.54, 1.807) is 19.1 Å². The van der Waals surface area contributed by atoms with Crippen LogP contribution in [0.25, 0.3) is 0 Å². The van der Waals surface area contributed by atoms with Crippen LogP contribution < -0.4 is 0 Å². The van der Waals surface area contributed by atoms with Crippen LogP contribution in [-0.4, -0.2) is 50.2 Å². The standard InChI is InChI=1S/C12H16ClNO4S/c1-9-6-10(13)2-3-12(9)19(16,17)14-4-5-18-8-11(14)7-15/h2-3,6,11,15H,4-5,7-8H2,1H3. The number of sulfonamides is 1. The molecule has 1 atom stereocenters. The van der Waals surface area contributed by atoms with Crippen LogP contribution in [0, 0.1) is 6.92 Å². The largest absolute Gasteiger partial charge is 0.395 e. The first-order valence-electron chi connectivity index (χ1n) is 5.93. The molecular formula is C12H16ClNO4S. The summed E-state index contributed by atoms with van der Waals surface area (Å²) < 4.78 is 31.7. The van der Waals surface area contributed by atoms with Gasteiger partial charge in [-0.25, -0.2) is 8.42 Å². The van der Waals surface area contributed by atoms with Gasteiger partial charge in [-0.15, -0.1) is 0 Å². The molecule has 0 radical (unpaired) electrons. The van der Waals surface area contributed by atoms with Crippen molar-refractivity contribution in [1.82, 2.24) is 4.31 Å². The van der Waals surface area contributed by atoms with Gasteiger partial charge in [0.05, 0.1) is 30.8 Å². The number of aliphatic hydroxyl groups is 1. The highest BCUT2D eigenvalue weighted by Gasteiger charge is 2.34. The van der Waals surface area contributed by atoms with Gasteiger partial charge in [-0.2, -0.15) is 4.31 Å². The van der Waals surface area contributed by atoms with E-state index in [4.69, 9.17) is 16.3 Å². The Morgan fingerprint density at radius 3 is 2.89 bits per heavy atom. The topological polar surface area (TPSA) is 66.8 Å². The zero-order valence-corrected chi connectivity index (χ0v) is 12.1. The molecule has 1 aromatic rings. The summed E-state index contributed by atoms with van der Waals surface area (Å²) in [7, 11) is -3.64. The van der Waals surface area contributed by atoms with Gasteiger partial charge in [0.2, 0.25) is 10.0 Å². The minimum absolute atomic E-state index is 0.211. The highest BCUT2D eigenvalue weighted by atomic mass is 35.5. The average molecular weight is 306 g/mol. The lowest BCUT2D eigenvalue weighted by Gasteiger charge is -2.33. The predicted octanol–water partition coefficient (Wildman–Crippen LogP) is 1.03. The van der Waals surface area contributed by atoms with Crippen LogP contribution in [0.1, 0.15) is 5.56 Å². The van der Waals surface area contributed by atoms with E-state index in [2.05, 4.69) is 0 Å². The molecule has 0 saturated carbocycles. The summed E-state index contributed by atoms with van der Waals surface area (Å²) in [6, 6.07) is 4.13. The smallest absolute Gasteiger partial charge is 0.243 e. The van der Waals surface area contributed by atoms with Crippen molar-refractivity contribution >= 4 is 21.6 Å². The molecule has 7 heteroatoms. The van der Waals surface area contributed by atoms with Crippen molar-refractivity contribution in [3.05, 3.63) is 28.8 Å². The minimum Gasteiger partial charge on any atom is -0.395 e. The zero-order valence-electron chi connectivity index (χ0n) is 10.5. The number of benzene rings is 1. The van der Waals surface area contributed by atoms with Crippen molar-refractivity contribution in [3.8, 4) is 0 Å². The molecular weight excluding hydrogens is 290 g/mol. The molecule has 1 fully saturated rings. The van der Waals surface area contributed by atoms with E-state index < -0.39 is 16.1 Å². The van der Waals surface area contributed by atoms with E-state index in [9.17, 15) is 13.5 Å². The zero-order chi connectivity index (χ0) is 14.0. The number of rotatable bonds is 3. The van der Waals surface area contributed by atoms with Gasteiger partial charge < -0.3 is 9.84 Å². The number of nitrogens with zero attached hydrogens (tertiary/aromatic N) is 1. The number of hydrogen-bond acceptors (Lipinski definition) is 4. The van der Waals surface area contributed by atoms with Crippen LogP contribution in [-0.2, 0) is 14.8 Å². The molecule has 1 aliphatic rings. The van der Waals surface area contributed by atoms with Crippen LogP contribution in [0.3, 0.4) is 0 Å². The number of halogens is 1. The van der Waals surface area contributed by atoms with Gasteiger partial charge in [0, 0.05) is 11.6 Å². The van der Waals surface area contributed by atoms with Gasteiger partial charge in [0.15, 0.2) is 0 Å². The maximum absolute atomic E-state index is 12.6. The Bertz CT molecular complexity index is 561. The monoisotopic (exact) mass is 305 g/mol. The number of aryl methyl sites for hydroxylation is 1. The summed E-state index contributed by atoms with van der Waals surface area (Å²) in [6.45, 7) is 2.24. The van der Waals surface area contributed by atoms with Crippen molar-refractivity contribution < 1.29 is 18.3 Å². The molecule has 1 unspecified atom stereocenters. The van der Waals surface area contributed by atoms with Crippen LogP contribution in [0.15, 0.2) is 23.1 Å². The normalized spacial score (nSPS) is 21.5. The van der Waals surface area contributed by atoms with E-state index in [1.807, 2.05) is 0 Å². The van der Waals surface area contributed by atoms with E-state index >= 15 is 0 Å². The molecule has 1 N–H and O–H groups in total. The van der Waals surface area contributed by atoms with E-state index in [-0.39, 0.29) is 24.7 Å². The van der Waals surface area contributed by atoms with Crippen molar-refractivity contribution in [2.75, 3.05) is 26.4 Å². The van der Waals surface area contributed by atoms with Crippen LogP contribution in [0.5, 0.6) is 0 Å². The van der Waals surface area contributed by atoms with Crippen molar-refractivity contribution in [2.45, 2.75) is 17.9 Å². The molecule has 1 heterocycles. The third kappa shape index (κ3) is 2.93. The molecule has 0 amide bonds. The van der Waals surface area contributed by atoms with Crippen LogP contribution in [0.2, 0.25) is 5.02 Å². The lowest BCUT2D eigenvalue weighted by Crippen LogP contribution is -2.50. The first-order chi connectivity index (χ1) is 8.96. The fraction of sp³-hybridized carbons (Fsp3) is 0.500. The maximum atomic E-state index is 12.6. The molecule has 1 saturated heterocycles. The molecule has 2 rings (SSSR count). The highest BCUT2D eigenvalue weighted by molar-refractivity contribution is 7.89. The number of ether oxygens (including phenoxy) is 1. The third-order valence-corrected chi connectivity index (χ3v) is 5.46. The first kappa shape index (κ1) is 14.7. The fourth-order valence-corrected chi connectivity index (χ4v) is 4.15. The van der Waals surface area contributed by atoms with Gasteiger partial charge in [0.1, 0.15) is 0 Å². The van der Waals surface area contributed by atoms with Gasteiger partial charge >= 0.3 is 0 Å².